The number of carbonyl (C=O) groups is 1. The number of aryl methyl sites for hydroxylation is 1. The van der Waals surface area contributed by atoms with Crippen LogP contribution in [0, 0.1) is 0 Å². The summed E-state index contributed by atoms with van der Waals surface area (Å²) < 4.78 is 0. The Balaban J connectivity index is 2.19. The number of rotatable bonds is 0. The standard InChI is InChI=1S/C16H13NO/c18-14-7-3-6-13-15(14)12-9-8-10-4-1-2-5-11(10)16(12)17-13/h1-2,4-5,8-9,17H,3,6-7H2. The van der Waals surface area contributed by atoms with Crippen LogP contribution >= 0.6 is 0 Å². The molecule has 2 aromatic carbocycles. The van der Waals surface area contributed by atoms with Gasteiger partial charge in [0.2, 0.25) is 0 Å². The highest BCUT2D eigenvalue weighted by Gasteiger charge is 2.22. The van der Waals surface area contributed by atoms with Gasteiger partial charge in [-0.1, -0.05) is 36.4 Å². The summed E-state index contributed by atoms with van der Waals surface area (Å²) in [5.41, 5.74) is 3.17. The summed E-state index contributed by atoms with van der Waals surface area (Å²) in [5, 5.41) is 3.52. The van der Waals surface area contributed by atoms with Gasteiger partial charge < -0.3 is 4.98 Å². The van der Waals surface area contributed by atoms with Crippen LogP contribution in [0.4, 0.5) is 0 Å². The Morgan fingerprint density at radius 1 is 0.944 bits per heavy atom. The molecule has 0 aliphatic heterocycles. The maximum Gasteiger partial charge on any atom is 0.165 e. The van der Waals surface area contributed by atoms with Crippen LogP contribution in [0.3, 0.4) is 0 Å². The number of hydrogen-bond acceptors (Lipinski definition) is 1. The van der Waals surface area contributed by atoms with E-state index < -0.39 is 0 Å². The largest absolute Gasteiger partial charge is 0.357 e. The minimum absolute atomic E-state index is 0.290. The Labute approximate surface area is 105 Å². The van der Waals surface area contributed by atoms with Gasteiger partial charge in [0.1, 0.15) is 0 Å². The van der Waals surface area contributed by atoms with Crippen LogP contribution in [0.25, 0.3) is 21.7 Å². The number of benzene rings is 2. The van der Waals surface area contributed by atoms with Gasteiger partial charge in [0, 0.05) is 28.5 Å². The average Bonchev–Trinajstić information content (AvgIpc) is 2.79. The monoisotopic (exact) mass is 235 g/mol. The van der Waals surface area contributed by atoms with Crippen molar-refractivity contribution in [3.8, 4) is 0 Å². The highest BCUT2D eigenvalue weighted by atomic mass is 16.1. The third-order valence-electron chi connectivity index (χ3n) is 3.89. The van der Waals surface area contributed by atoms with Crippen molar-refractivity contribution in [2.24, 2.45) is 0 Å². The minimum Gasteiger partial charge on any atom is -0.357 e. The van der Waals surface area contributed by atoms with Gasteiger partial charge in [-0.2, -0.15) is 0 Å². The first-order chi connectivity index (χ1) is 8.84. The van der Waals surface area contributed by atoms with Crippen molar-refractivity contribution in [2.75, 3.05) is 0 Å². The second-order valence-corrected chi connectivity index (χ2v) is 4.96. The van der Waals surface area contributed by atoms with Crippen molar-refractivity contribution in [1.29, 1.82) is 0 Å². The molecule has 1 aliphatic rings. The van der Waals surface area contributed by atoms with Crippen LogP contribution < -0.4 is 0 Å². The number of carbonyl (C=O) groups excluding carboxylic acids is 1. The number of aromatic amines is 1. The highest BCUT2D eigenvalue weighted by Crippen LogP contribution is 2.33. The molecule has 0 fully saturated rings. The van der Waals surface area contributed by atoms with Gasteiger partial charge in [-0.25, -0.2) is 0 Å². The van der Waals surface area contributed by atoms with E-state index in [0.29, 0.717) is 6.42 Å². The van der Waals surface area contributed by atoms with Gasteiger partial charge >= 0.3 is 0 Å². The van der Waals surface area contributed by atoms with Crippen molar-refractivity contribution >= 4 is 27.5 Å². The number of hydrogen-bond donors (Lipinski definition) is 1. The molecule has 0 atom stereocenters. The summed E-state index contributed by atoms with van der Waals surface area (Å²) in [6.07, 6.45) is 2.65. The molecule has 2 nitrogen and oxygen atoms in total. The molecule has 0 bridgehead atoms. The lowest BCUT2D eigenvalue weighted by atomic mass is 9.94. The van der Waals surface area contributed by atoms with E-state index in [9.17, 15) is 4.79 Å². The molecule has 1 aromatic heterocycles. The van der Waals surface area contributed by atoms with E-state index >= 15 is 0 Å². The molecular weight excluding hydrogens is 222 g/mol. The van der Waals surface area contributed by atoms with Gasteiger partial charge in [-0.05, 0) is 18.2 Å². The average molecular weight is 235 g/mol. The van der Waals surface area contributed by atoms with Gasteiger partial charge in [-0.15, -0.1) is 0 Å². The lowest BCUT2D eigenvalue weighted by molar-refractivity contribution is 0.0974. The van der Waals surface area contributed by atoms with Crippen molar-refractivity contribution in [2.45, 2.75) is 19.3 Å². The number of H-pyrrole nitrogens is 1. The van der Waals surface area contributed by atoms with Crippen molar-refractivity contribution in [1.82, 2.24) is 4.98 Å². The Kier molecular flexibility index (Phi) is 1.90. The first-order valence-electron chi connectivity index (χ1n) is 6.40. The number of ketones is 1. The fourth-order valence-electron chi connectivity index (χ4n) is 3.05. The van der Waals surface area contributed by atoms with Gasteiger partial charge in [0.05, 0.1) is 5.52 Å². The van der Waals surface area contributed by atoms with E-state index in [2.05, 4.69) is 29.2 Å². The summed E-state index contributed by atoms with van der Waals surface area (Å²) in [4.78, 5) is 15.5. The van der Waals surface area contributed by atoms with E-state index in [1.165, 1.54) is 10.8 Å². The first-order valence-corrected chi connectivity index (χ1v) is 6.40. The number of aromatic nitrogens is 1. The van der Waals surface area contributed by atoms with Gasteiger partial charge in [-0.3, -0.25) is 4.79 Å². The molecule has 0 saturated carbocycles. The zero-order valence-corrected chi connectivity index (χ0v) is 9.99. The van der Waals surface area contributed by atoms with E-state index in [-0.39, 0.29) is 5.78 Å². The fraction of sp³-hybridized carbons (Fsp3) is 0.188. The Hall–Kier alpha value is -2.09. The topological polar surface area (TPSA) is 32.9 Å². The lowest BCUT2D eigenvalue weighted by Crippen LogP contribution is -2.08. The highest BCUT2D eigenvalue weighted by molar-refractivity contribution is 6.16. The quantitative estimate of drug-likeness (QED) is 0.631. The zero-order chi connectivity index (χ0) is 12.1. The third kappa shape index (κ3) is 1.20. The molecule has 0 spiro atoms. The van der Waals surface area contributed by atoms with Crippen LogP contribution in [0.1, 0.15) is 28.9 Å². The van der Waals surface area contributed by atoms with Crippen molar-refractivity contribution in [3.05, 3.63) is 47.7 Å². The fourth-order valence-corrected chi connectivity index (χ4v) is 3.05. The molecule has 0 saturated heterocycles. The number of fused-ring (bicyclic) bond motifs is 5. The van der Waals surface area contributed by atoms with Gasteiger partial charge in [0.25, 0.3) is 0 Å². The summed E-state index contributed by atoms with van der Waals surface area (Å²) in [6, 6.07) is 12.5. The Bertz CT molecular complexity index is 782. The van der Waals surface area contributed by atoms with Crippen molar-refractivity contribution < 1.29 is 4.79 Å². The molecule has 2 heteroatoms. The molecule has 0 amide bonds. The van der Waals surface area contributed by atoms with Gasteiger partial charge in [0.15, 0.2) is 5.78 Å². The van der Waals surface area contributed by atoms with E-state index in [0.717, 1.165) is 35.0 Å². The Morgan fingerprint density at radius 2 is 1.83 bits per heavy atom. The Morgan fingerprint density at radius 3 is 2.78 bits per heavy atom. The van der Waals surface area contributed by atoms with Crippen LogP contribution in [-0.2, 0) is 6.42 Å². The molecule has 1 heterocycles. The third-order valence-corrected chi connectivity index (χ3v) is 3.89. The molecule has 1 N–H and O–H groups in total. The second-order valence-electron chi connectivity index (χ2n) is 4.96. The molecule has 4 rings (SSSR count). The van der Waals surface area contributed by atoms with Crippen LogP contribution in [0.2, 0.25) is 0 Å². The molecular formula is C16H13NO. The molecule has 18 heavy (non-hydrogen) atoms. The predicted molar refractivity (Wildman–Crippen MR) is 73.1 cm³/mol. The SMILES string of the molecule is O=C1CCCc2[nH]c3c(ccc4ccccc43)c21. The van der Waals surface area contributed by atoms with Crippen molar-refractivity contribution in [3.63, 3.8) is 0 Å². The van der Waals surface area contributed by atoms with E-state index in [1.54, 1.807) is 0 Å². The molecule has 88 valence electrons. The number of nitrogens with one attached hydrogen (secondary N) is 1. The minimum atomic E-state index is 0.290. The maximum atomic E-state index is 12.1. The first kappa shape index (κ1) is 9.89. The molecule has 1 aliphatic carbocycles. The lowest BCUT2D eigenvalue weighted by Gasteiger charge is -2.09. The molecule has 3 aromatic rings. The number of Topliss-reactive ketones (excluding diaryl/α,β-unsaturated/α-hetero) is 1. The summed E-state index contributed by atoms with van der Waals surface area (Å²) >= 11 is 0. The molecule has 0 unspecified atom stereocenters. The summed E-state index contributed by atoms with van der Waals surface area (Å²) in [6.45, 7) is 0. The maximum absolute atomic E-state index is 12.1. The van der Waals surface area contributed by atoms with Crippen LogP contribution in [0.5, 0.6) is 0 Å². The summed E-state index contributed by atoms with van der Waals surface area (Å²) in [5.74, 6) is 0.290. The van der Waals surface area contributed by atoms with E-state index in [1.807, 2.05) is 12.1 Å². The second kappa shape index (κ2) is 3.45. The van der Waals surface area contributed by atoms with Crippen LogP contribution in [-0.4, -0.2) is 10.8 Å². The molecule has 0 radical (unpaired) electrons. The smallest absolute Gasteiger partial charge is 0.165 e. The zero-order valence-electron chi connectivity index (χ0n) is 9.99. The normalized spacial score (nSPS) is 15.2. The van der Waals surface area contributed by atoms with Crippen LogP contribution in [0.15, 0.2) is 36.4 Å². The van der Waals surface area contributed by atoms with E-state index in [4.69, 9.17) is 0 Å². The summed E-state index contributed by atoms with van der Waals surface area (Å²) in [7, 11) is 0. The predicted octanol–water partition coefficient (Wildman–Crippen LogP) is 3.84.